The molecule has 1 aromatic carbocycles. The number of hydrogen-bond donors (Lipinski definition) is 2. The summed E-state index contributed by atoms with van der Waals surface area (Å²) in [5.41, 5.74) is 0.938. The summed E-state index contributed by atoms with van der Waals surface area (Å²) in [6, 6.07) is 7.09. The van der Waals surface area contributed by atoms with Crippen LogP contribution in [-0.2, 0) is 18.9 Å². The number of para-hydroxylation sites is 1. The van der Waals surface area contributed by atoms with Crippen LogP contribution < -0.4 is 10.6 Å². The Morgan fingerprint density at radius 1 is 1.26 bits per heavy atom. The summed E-state index contributed by atoms with van der Waals surface area (Å²) < 4.78 is 29.0. The third-order valence-corrected chi connectivity index (χ3v) is 3.81. The Morgan fingerprint density at radius 3 is 2.78 bits per heavy atom. The minimum absolute atomic E-state index is 0.0847. The number of nitrogens with zero attached hydrogens (tertiary/aromatic N) is 2. The summed E-state index contributed by atoms with van der Waals surface area (Å²) in [6.45, 7) is 1.64. The van der Waals surface area contributed by atoms with Crippen molar-refractivity contribution in [3.05, 3.63) is 41.6 Å². The number of aryl methyl sites for hydroxylation is 2. The monoisotopic (exact) mass is 320 g/mol. The van der Waals surface area contributed by atoms with Gasteiger partial charge in [0.15, 0.2) is 5.82 Å². The zero-order valence-electron chi connectivity index (χ0n) is 12.8. The van der Waals surface area contributed by atoms with Crippen LogP contribution in [0.1, 0.15) is 31.0 Å². The minimum atomic E-state index is -3.03. The number of halogens is 2. The molecule has 0 unspecified atom stereocenters. The van der Waals surface area contributed by atoms with E-state index in [1.54, 1.807) is 6.07 Å². The van der Waals surface area contributed by atoms with Gasteiger partial charge in [-0.15, -0.1) is 0 Å². The van der Waals surface area contributed by atoms with Crippen molar-refractivity contribution in [1.29, 1.82) is 0 Å². The van der Waals surface area contributed by atoms with Crippen LogP contribution in [0.3, 0.4) is 0 Å². The van der Waals surface area contributed by atoms with Gasteiger partial charge in [0, 0.05) is 30.8 Å². The van der Waals surface area contributed by atoms with E-state index in [-0.39, 0.29) is 11.3 Å². The lowest BCUT2D eigenvalue weighted by Crippen LogP contribution is -2.22. The Hall–Kier alpha value is -2.44. The third kappa shape index (κ3) is 3.49. The number of anilines is 2. The van der Waals surface area contributed by atoms with Crippen molar-refractivity contribution in [2.24, 2.45) is 0 Å². The normalized spacial score (nSPS) is 14.2. The van der Waals surface area contributed by atoms with Crippen molar-refractivity contribution in [3.8, 4) is 0 Å². The maximum absolute atomic E-state index is 13.6. The highest BCUT2D eigenvalue weighted by atomic mass is 19.3. The highest BCUT2D eigenvalue weighted by Gasteiger charge is 2.27. The summed E-state index contributed by atoms with van der Waals surface area (Å²) >= 11 is 0. The smallest absolute Gasteiger partial charge is 0.307 e. The van der Waals surface area contributed by atoms with E-state index in [1.165, 1.54) is 18.2 Å². The minimum Gasteiger partial charge on any atom is -0.307 e. The lowest BCUT2D eigenvalue weighted by Gasteiger charge is -2.16. The van der Waals surface area contributed by atoms with Gasteiger partial charge in [0.25, 0.3) is 5.92 Å². The number of benzene rings is 1. The third-order valence-electron chi connectivity index (χ3n) is 3.81. The number of carbonyl (C=O) groups is 1. The fourth-order valence-corrected chi connectivity index (χ4v) is 2.72. The van der Waals surface area contributed by atoms with Crippen molar-refractivity contribution < 1.29 is 13.6 Å². The molecule has 1 aromatic heterocycles. The first-order chi connectivity index (χ1) is 10.9. The Labute approximate surface area is 132 Å². The van der Waals surface area contributed by atoms with Gasteiger partial charge >= 0.3 is 6.03 Å². The molecule has 3 rings (SSSR count). The lowest BCUT2D eigenvalue weighted by atomic mass is 10.1. The molecule has 0 aliphatic carbocycles. The molecule has 2 amide bonds. The molecule has 0 spiro atoms. The highest BCUT2D eigenvalue weighted by Crippen LogP contribution is 2.32. The number of urea groups is 1. The number of carbonyl (C=O) groups excluding carboxylic acids is 1. The van der Waals surface area contributed by atoms with Gasteiger partial charge in [-0.2, -0.15) is 5.10 Å². The maximum Gasteiger partial charge on any atom is 0.324 e. The fraction of sp³-hybridized carbons (Fsp3) is 0.375. The molecule has 7 heteroatoms. The summed E-state index contributed by atoms with van der Waals surface area (Å²) in [5, 5.41) is 9.37. The van der Waals surface area contributed by atoms with Crippen LogP contribution in [0.15, 0.2) is 30.3 Å². The van der Waals surface area contributed by atoms with Crippen LogP contribution in [0.4, 0.5) is 25.1 Å². The zero-order valence-corrected chi connectivity index (χ0v) is 12.8. The Balaban J connectivity index is 1.72. The van der Waals surface area contributed by atoms with Gasteiger partial charge in [0.05, 0.1) is 5.69 Å². The number of hydrogen-bond acceptors (Lipinski definition) is 2. The van der Waals surface area contributed by atoms with E-state index in [9.17, 15) is 13.6 Å². The van der Waals surface area contributed by atoms with Crippen molar-refractivity contribution in [3.63, 3.8) is 0 Å². The van der Waals surface area contributed by atoms with Crippen molar-refractivity contribution in [2.75, 3.05) is 10.6 Å². The summed E-state index contributed by atoms with van der Waals surface area (Å²) in [4.78, 5) is 12.1. The van der Waals surface area contributed by atoms with Crippen molar-refractivity contribution >= 4 is 17.5 Å². The molecule has 2 aromatic rings. The first kappa shape index (κ1) is 15.5. The largest absolute Gasteiger partial charge is 0.324 e. The molecule has 0 atom stereocenters. The highest BCUT2D eigenvalue weighted by molar-refractivity contribution is 5.99. The second-order valence-electron chi connectivity index (χ2n) is 5.71. The SMILES string of the molecule is CC(F)(F)c1ccccc1NC(=O)Nc1cc2n(n1)CCCC2. The van der Waals surface area contributed by atoms with Gasteiger partial charge in [0.1, 0.15) is 0 Å². The van der Waals surface area contributed by atoms with E-state index < -0.39 is 12.0 Å². The number of aromatic nitrogens is 2. The number of fused-ring (bicyclic) bond motifs is 1. The van der Waals surface area contributed by atoms with Gasteiger partial charge in [-0.1, -0.05) is 18.2 Å². The number of alkyl halides is 2. The quantitative estimate of drug-likeness (QED) is 0.899. The van der Waals surface area contributed by atoms with Gasteiger partial charge < -0.3 is 5.32 Å². The molecule has 5 nitrogen and oxygen atoms in total. The van der Waals surface area contributed by atoms with E-state index in [0.717, 1.165) is 38.4 Å². The van der Waals surface area contributed by atoms with Crippen LogP contribution in [0, 0.1) is 0 Å². The topological polar surface area (TPSA) is 59.0 Å². The predicted octanol–water partition coefficient (Wildman–Crippen LogP) is 3.98. The molecular weight excluding hydrogens is 302 g/mol. The first-order valence-corrected chi connectivity index (χ1v) is 7.55. The van der Waals surface area contributed by atoms with Crippen LogP contribution in [0.2, 0.25) is 0 Å². The average molecular weight is 320 g/mol. The number of rotatable bonds is 3. The molecule has 2 N–H and O–H groups in total. The van der Waals surface area contributed by atoms with Gasteiger partial charge in [-0.05, 0) is 25.3 Å². The van der Waals surface area contributed by atoms with Gasteiger partial charge in [-0.3, -0.25) is 10.00 Å². The van der Waals surface area contributed by atoms with Crippen molar-refractivity contribution in [2.45, 2.75) is 38.7 Å². The first-order valence-electron chi connectivity index (χ1n) is 7.55. The number of nitrogens with one attached hydrogen (secondary N) is 2. The molecule has 1 aliphatic rings. The molecule has 1 aliphatic heterocycles. The summed E-state index contributed by atoms with van der Waals surface area (Å²) in [6.07, 6.45) is 3.11. The maximum atomic E-state index is 13.6. The van der Waals surface area contributed by atoms with E-state index >= 15 is 0 Å². The average Bonchev–Trinajstić information content (AvgIpc) is 2.88. The van der Waals surface area contributed by atoms with Gasteiger partial charge in [-0.25, -0.2) is 13.6 Å². The molecule has 23 heavy (non-hydrogen) atoms. The molecule has 122 valence electrons. The van der Waals surface area contributed by atoms with Crippen LogP contribution in [0.5, 0.6) is 0 Å². The standard InChI is InChI=1S/C16H18F2N4O/c1-16(17,18)12-7-2-3-8-13(12)19-15(23)20-14-10-11-6-4-5-9-22(11)21-14/h2-3,7-8,10H,4-6,9H2,1H3,(H2,19,20,21,23). The summed E-state index contributed by atoms with van der Waals surface area (Å²) in [7, 11) is 0. The van der Waals surface area contributed by atoms with E-state index in [2.05, 4.69) is 15.7 Å². The predicted molar refractivity (Wildman–Crippen MR) is 83.8 cm³/mol. The summed E-state index contributed by atoms with van der Waals surface area (Å²) in [5.74, 6) is -2.60. The second kappa shape index (κ2) is 5.98. The van der Waals surface area contributed by atoms with Gasteiger partial charge in [0.2, 0.25) is 0 Å². The van der Waals surface area contributed by atoms with Crippen LogP contribution in [-0.4, -0.2) is 15.8 Å². The molecule has 2 heterocycles. The molecule has 0 fully saturated rings. The van der Waals surface area contributed by atoms with Crippen LogP contribution >= 0.6 is 0 Å². The van der Waals surface area contributed by atoms with Crippen molar-refractivity contribution in [1.82, 2.24) is 9.78 Å². The zero-order chi connectivity index (χ0) is 16.4. The molecule has 0 saturated carbocycles. The molecular formula is C16H18F2N4O. The molecule has 0 radical (unpaired) electrons. The van der Waals surface area contributed by atoms with E-state index in [1.807, 2.05) is 10.7 Å². The second-order valence-corrected chi connectivity index (χ2v) is 5.71. The Morgan fingerprint density at radius 2 is 2.04 bits per heavy atom. The lowest BCUT2D eigenvalue weighted by molar-refractivity contribution is 0.0183. The molecule has 0 saturated heterocycles. The fourth-order valence-electron chi connectivity index (χ4n) is 2.72. The Bertz CT molecular complexity index is 698. The number of amides is 2. The molecule has 0 bridgehead atoms. The van der Waals surface area contributed by atoms with E-state index in [4.69, 9.17) is 0 Å². The van der Waals surface area contributed by atoms with Crippen LogP contribution in [0.25, 0.3) is 0 Å². The Kier molecular flexibility index (Phi) is 4.02. The van der Waals surface area contributed by atoms with E-state index in [0.29, 0.717) is 5.82 Å².